The summed E-state index contributed by atoms with van der Waals surface area (Å²) in [7, 11) is 1.63. The number of aliphatic hydroxyl groups is 1. The molecule has 130 valence electrons. The van der Waals surface area contributed by atoms with Gasteiger partial charge in [0.25, 0.3) is 0 Å². The molecule has 0 aliphatic rings. The molecule has 3 N–H and O–H groups in total. The van der Waals surface area contributed by atoms with E-state index < -0.39 is 0 Å². The Morgan fingerprint density at radius 1 is 1.29 bits per heavy atom. The number of ether oxygens (including phenoxy) is 2. The number of aromatic nitrogens is 1. The average Bonchev–Trinajstić information content (AvgIpc) is 2.59. The van der Waals surface area contributed by atoms with Gasteiger partial charge in [-0.25, -0.2) is 0 Å². The minimum atomic E-state index is -0.213. The van der Waals surface area contributed by atoms with Crippen LogP contribution in [0.25, 0.3) is 0 Å². The molecule has 1 aromatic heterocycles. The maximum atomic E-state index is 9.36. The van der Waals surface area contributed by atoms with Gasteiger partial charge in [-0.1, -0.05) is 6.07 Å². The number of rotatable bonds is 8. The van der Waals surface area contributed by atoms with Crippen molar-refractivity contribution >= 4 is 15.9 Å². The third-order valence-electron chi connectivity index (χ3n) is 3.69. The van der Waals surface area contributed by atoms with Gasteiger partial charge >= 0.3 is 0 Å². The van der Waals surface area contributed by atoms with Crippen LogP contribution in [-0.2, 0) is 13.2 Å². The summed E-state index contributed by atoms with van der Waals surface area (Å²) < 4.78 is 12.2. The van der Waals surface area contributed by atoms with Crippen LogP contribution in [0.15, 0.2) is 41.1 Å². The van der Waals surface area contributed by atoms with E-state index in [0.717, 1.165) is 22.1 Å². The van der Waals surface area contributed by atoms with Gasteiger partial charge in [0.05, 0.1) is 18.2 Å². The first-order chi connectivity index (χ1) is 11.4. The van der Waals surface area contributed by atoms with Crippen LogP contribution >= 0.6 is 15.9 Å². The maximum absolute atomic E-state index is 9.36. The lowest BCUT2D eigenvalue weighted by Crippen LogP contribution is -2.95. The van der Waals surface area contributed by atoms with Crippen LogP contribution in [0, 0.1) is 0 Å². The highest BCUT2D eigenvalue weighted by Crippen LogP contribution is 2.37. The number of benzene rings is 1. The van der Waals surface area contributed by atoms with Crippen molar-refractivity contribution in [2.75, 3.05) is 13.7 Å². The quantitative estimate of drug-likeness (QED) is 0.719. The van der Waals surface area contributed by atoms with Crippen molar-refractivity contribution in [2.24, 2.45) is 0 Å². The van der Waals surface area contributed by atoms with Crippen LogP contribution in [0.5, 0.6) is 11.5 Å². The summed E-state index contributed by atoms with van der Waals surface area (Å²) in [5.41, 5.74) is 1.87. The smallest absolute Gasteiger partial charge is 0.175 e. The first kappa shape index (κ1) is 18.7. The molecule has 0 spiro atoms. The monoisotopic (exact) mass is 395 g/mol. The van der Waals surface area contributed by atoms with E-state index in [1.54, 1.807) is 19.5 Å². The van der Waals surface area contributed by atoms with Gasteiger partial charge in [0.2, 0.25) is 0 Å². The molecular formula is C18H24BrN2O3+. The predicted octanol–water partition coefficient (Wildman–Crippen LogP) is 2.27. The summed E-state index contributed by atoms with van der Waals surface area (Å²) >= 11 is 3.57. The highest BCUT2D eigenvalue weighted by atomic mass is 79.9. The molecule has 0 atom stereocenters. The zero-order valence-electron chi connectivity index (χ0n) is 14.3. The second-order valence-corrected chi connectivity index (χ2v) is 7.17. The van der Waals surface area contributed by atoms with Gasteiger partial charge < -0.3 is 19.9 Å². The molecular weight excluding hydrogens is 372 g/mol. The van der Waals surface area contributed by atoms with E-state index >= 15 is 0 Å². The molecule has 24 heavy (non-hydrogen) atoms. The number of hydrogen-bond acceptors (Lipinski definition) is 4. The van der Waals surface area contributed by atoms with Gasteiger partial charge in [0, 0.05) is 23.5 Å². The molecule has 0 radical (unpaired) electrons. The van der Waals surface area contributed by atoms with E-state index in [-0.39, 0.29) is 12.1 Å². The minimum Gasteiger partial charge on any atom is -0.493 e. The SMILES string of the molecule is COc1cc(C[NH2+]C(C)(C)CO)cc(Br)c1OCc1cccnc1. The second kappa shape index (κ2) is 8.46. The fraction of sp³-hybridized carbons (Fsp3) is 0.389. The average molecular weight is 396 g/mol. The first-order valence-corrected chi connectivity index (χ1v) is 8.58. The molecule has 0 aliphatic carbocycles. The summed E-state index contributed by atoms with van der Waals surface area (Å²) in [5.74, 6) is 1.35. The van der Waals surface area contributed by atoms with E-state index in [4.69, 9.17) is 9.47 Å². The topological polar surface area (TPSA) is 68.2 Å². The van der Waals surface area contributed by atoms with E-state index in [9.17, 15) is 5.11 Å². The van der Waals surface area contributed by atoms with Crippen molar-refractivity contribution < 1.29 is 19.9 Å². The van der Waals surface area contributed by atoms with Crippen LogP contribution in [0.2, 0.25) is 0 Å². The fourth-order valence-corrected chi connectivity index (χ4v) is 2.73. The number of nitrogens with two attached hydrogens (primary N) is 1. The minimum absolute atomic E-state index is 0.123. The highest BCUT2D eigenvalue weighted by Gasteiger charge is 2.20. The van der Waals surface area contributed by atoms with E-state index in [1.165, 1.54) is 0 Å². The molecule has 0 saturated heterocycles. The molecule has 2 rings (SSSR count). The summed E-state index contributed by atoms with van der Waals surface area (Å²) in [6.07, 6.45) is 3.51. The first-order valence-electron chi connectivity index (χ1n) is 7.78. The summed E-state index contributed by atoms with van der Waals surface area (Å²) in [6.45, 7) is 5.30. The Morgan fingerprint density at radius 2 is 2.08 bits per heavy atom. The van der Waals surface area contributed by atoms with Crippen molar-refractivity contribution in [3.05, 3.63) is 52.3 Å². The van der Waals surface area contributed by atoms with Crippen molar-refractivity contribution in [1.82, 2.24) is 4.98 Å². The molecule has 0 aliphatic heterocycles. The molecule has 2 aromatic rings. The normalized spacial score (nSPS) is 11.4. The number of nitrogens with zero attached hydrogens (tertiary/aromatic N) is 1. The van der Waals surface area contributed by atoms with Crippen LogP contribution in [0.4, 0.5) is 0 Å². The zero-order chi connectivity index (χ0) is 17.6. The van der Waals surface area contributed by atoms with Crippen LogP contribution < -0.4 is 14.8 Å². The molecule has 5 nitrogen and oxygen atoms in total. The Kier molecular flexibility index (Phi) is 6.60. The van der Waals surface area contributed by atoms with Gasteiger partial charge in [-0.2, -0.15) is 0 Å². The number of pyridine rings is 1. The largest absolute Gasteiger partial charge is 0.493 e. The molecule has 0 bridgehead atoms. The summed E-state index contributed by atoms with van der Waals surface area (Å²) in [5, 5.41) is 11.5. The standard InChI is InChI=1S/C18H23BrN2O3/c1-18(2,12-22)21-10-14-7-15(19)17(16(8-14)23-3)24-11-13-5-4-6-20-9-13/h4-9,21-22H,10-12H2,1-3H3/p+1. The summed E-state index contributed by atoms with van der Waals surface area (Å²) in [6, 6.07) is 7.83. The van der Waals surface area contributed by atoms with Gasteiger partial charge in [-0.15, -0.1) is 0 Å². The Morgan fingerprint density at radius 3 is 2.71 bits per heavy atom. The van der Waals surface area contributed by atoms with Crippen molar-refractivity contribution in [3.8, 4) is 11.5 Å². The Bertz CT molecular complexity index is 663. The lowest BCUT2D eigenvalue weighted by Gasteiger charge is -2.20. The molecule has 1 heterocycles. The van der Waals surface area contributed by atoms with Crippen molar-refractivity contribution in [2.45, 2.75) is 32.5 Å². The molecule has 1 aromatic carbocycles. The summed E-state index contributed by atoms with van der Waals surface area (Å²) in [4.78, 5) is 4.08. The lowest BCUT2D eigenvalue weighted by atomic mass is 10.1. The van der Waals surface area contributed by atoms with Crippen LogP contribution in [-0.4, -0.2) is 29.3 Å². The van der Waals surface area contributed by atoms with E-state index in [2.05, 4.69) is 26.2 Å². The van der Waals surface area contributed by atoms with E-state index in [1.807, 2.05) is 38.1 Å². The highest BCUT2D eigenvalue weighted by molar-refractivity contribution is 9.10. The van der Waals surface area contributed by atoms with Crippen molar-refractivity contribution in [3.63, 3.8) is 0 Å². The third kappa shape index (κ3) is 5.19. The maximum Gasteiger partial charge on any atom is 0.175 e. The van der Waals surface area contributed by atoms with Gasteiger partial charge in [0.1, 0.15) is 18.7 Å². The van der Waals surface area contributed by atoms with Crippen molar-refractivity contribution in [1.29, 1.82) is 0 Å². The molecule has 0 fully saturated rings. The number of quaternary nitrogens is 1. The van der Waals surface area contributed by atoms with Crippen LogP contribution in [0.3, 0.4) is 0 Å². The Hall–Kier alpha value is -1.63. The predicted molar refractivity (Wildman–Crippen MR) is 96.1 cm³/mol. The van der Waals surface area contributed by atoms with E-state index in [0.29, 0.717) is 18.1 Å². The molecule has 0 unspecified atom stereocenters. The second-order valence-electron chi connectivity index (χ2n) is 6.31. The zero-order valence-corrected chi connectivity index (χ0v) is 15.8. The molecule has 0 amide bonds. The Balaban J connectivity index is 2.12. The van der Waals surface area contributed by atoms with Gasteiger partial charge in [-0.05, 0) is 48.0 Å². The van der Waals surface area contributed by atoms with Gasteiger partial charge in [0.15, 0.2) is 11.5 Å². The lowest BCUT2D eigenvalue weighted by molar-refractivity contribution is -0.736. The Labute approximate surface area is 151 Å². The number of methoxy groups -OCH3 is 1. The fourth-order valence-electron chi connectivity index (χ4n) is 2.13. The third-order valence-corrected chi connectivity index (χ3v) is 4.28. The number of aliphatic hydroxyl groups excluding tert-OH is 1. The number of hydrogen-bond donors (Lipinski definition) is 2. The van der Waals surface area contributed by atoms with Gasteiger partial charge in [-0.3, -0.25) is 4.98 Å². The van der Waals surface area contributed by atoms with Crippen LogP contribution in [0.1, 0.15) is 25.0 Å². The number of halogens is 1. The molecule has 0 saturated carbocycles. The molecule has 6 heteroatoms.